The van der Waals surface area contributed by atoms with Crippen LogP contribution in [0.1, 0.15) is 11.1 Å². The summed E-state index contributed by atoms with van der Waals surface area (Å²) in [5.41, 5.74) is 2.91. The van der Waals surface area contributed by atoms with Crippen LogP contribution in [0, 0.1) is 0 Å². The van der Waals surface area contributed by atoms with Gasteiger partial charge in [0, 0.05) is 25.3 Å². The molecule has 6 nitrogen and oxygen atoms in total. The van der Waals surface area contributed by atoms with E-state index < -0.39 is 5.97 Å². The molecule has 2 aromatic rings. The van der Waals surface area contributed by atoms with Crippen LogP contribution >= 0.6 is 0 Å². The van der Waals surface area contributed by atoms with Gasteiger partial charge in [0.25, 0.3) is 0 Å². The number of benzene rings is 2. The fraction of sp³-hybridized carbons (Fsp3) is 0.158. The minimum absolute atomic E-state index is 0.194. The number of ether oxygens (including phenoxy) is 3. The molecule has 0 amide bonds. The number of anilines is 1. The van der Waals surface area contributed by atoms with Crippen LogP contribution in [0.4, 0.5) is 5.69 Å². The van der Waals surface area contributed by atoms with Gasteiger partial charge in [-0.1, -0.05) is 12.1 Å². The number of esters is 1. The van der Waals surface area contributed by atoms with Gasteiger partial charge in [0.05, 0.1) is 0 Å². The van der Waals surface area contributed by atoms with Gasteiger partial charge in [-0.05, 0) is 42.0 Å². The number of carbonyl (C=O) groups is 1. The lowest BCUT2D eigenvalue weighted by atomic mass is 10.1. The summed E-state index contributed by atoms with van der Waals surface area (Å²) in [7, 11) is 3.95. The number of nitrogens with zero attached hydrogens (tertiary/aromatic N) is 2. The van der Waals surface area contributed by atoms with Crippen molar-refractivity contribution < 1.29 is 19.0 Å². The molecule has 2 aliphatic rings. The molecule has 0 aliphatic carbocycles. The zero-order chi connectivity index (χ0) is 17.4. The van der Waals surface area contributed by atoms with Crippen molar-refractivity contribution in [3.05, 3.63) is 59.3 Å². The summed E-state index contributed by atoms with van der Waals surface area (Å²) in [5, 5.41) is 0. The van der Waals surface area contributed by atoms with E-state index in [0.717, 1.165) is 11.3 Å². The summed E-state index contributed by atoms with van der Waals surface area (Å²) < 4.78 is 15.9. The lowest BCUT2D eigenvalue weighted by Gasteiger charge is -2.11. The van der Waals surface area contributed by atoms with E-state index in [1.807, 2.05) is 43.3 Å². The number of hydrogen-bond donors (Lipinski definition) is 0. The Morgan fingerprint density at radius 3 is 2.56 bits per heavy atom. The third-order valence-electron chi connectivity index (χ3n) is 3.95. The molecular formula is C19H16N2O4. The molecule has 0 saturated carbocycles. The molecule has 0 spiro atoms. The summed E-state index contributed by atoms with van der Waals surface area (Å²) in [5.74, 6) is 1.09. The molecule has 0 saturated heterocycles. The Morgan fingerprint density at radius 2 is 1.80 bits per heavy atom. The lowest BCUT2D eigenvalue weighted by molar-refractivity contribution is -0.129. The summed E-state index contributed by atoms with van der Waals surface area (Å²) in [6.45, 7) is 0.194. The second-order valence-corrected chi connectivity index (χ2v) is 5.89. The minimum atomic E-state index is -0.468. The highest BCUT2D eigenvalue weighted by Crippen LogP contribution is 2.33. The quantitative estimate of drug-likeness (QED) is 0.637. The van der Waals surface area contributed by atoms with E-state index in [0.29, 0.717) is 17.1 Å². The lowest BCUT2D eigenvalue weighted by Crippen LogP contribution is -2.08. The second-order valence-electron chi connectivity index (χ2n) is 5.89. The van der Waals surface area contributed by atoms with Gasteiger partial charge in [0.2, 0.25) is 12.7 Å². The first-order chi connectivity index (χ1) is 12.1. The monoisotopic (exact) mass is 336 g/mol. The van der Waals surface area contributed by atoms with Gasteiger partial charge in [-0.25, -0.2) is 9.79 Å². The first kappa shape index (κ1) is 15.3. The van der Waals surface area contributed by atoms with Crippen LogP contribution in [0.5, 0.6) is 11.5 Å². The molecule has 0 radical (unpaired) electrons. The Bertz CT molecular complexity index is 898. The van der Waals surface area contributed by atoms with Crippen LogP contribution in [-0.4, -0.2) is 32.8 Å². The average molecular weight is 336 g/mol. The van der Waals surface area contributed by atoms with Gasteiger partial charge in [-0.3, -0.25) is 0 Å². The standard InChI is InChI=1S/C19H16N2O4/c1-21(2)14-6-3-12(4-7-14)9-15-19(22)25-18(20-15)13-5-8-16-17(10-13)24-11-23-16/h3-10H,11H2,1-2H3/b15-9+. The second kappa shape index (κ2) is 5.98. The highest BCUT2D eigenvalue weighted by atomic mass is 16.7. The predicted molar refractivity (Wildman–Crippen MR) is 93.9 cm³/mol. The summed E-state index contributed by atoms with van der Waals surface area (Å²) in [6.07, 6.45) is 1.71. The third kappa shape index (κ3) is 2.94. The smallest absolute Gasteiger partial charge is 0.363 e. The van der Waals surface area contributed by atoms with Crippen molar-refractivity contribution in [3.63, 3.8) is 0 Å². The van der Waals surface area contributed by atoms with Crippen molar-refractivity contribution in [1.29, 1.82) is 0 Å². The first-order valence-corrected chi connectivity index (χ1v) is 7.80. The van der Waals surface area contributed by atoms with E-state index in [2.05, 4.69) is 4.99 Å². The summed E-state index contributed by atoms with van der Waals surface area (Å²) in [4.78, 5) is 18.4. The molecule has 2 aromatic carbocycles. The number of rotatable bonds is 3. The van der Waals surface area contributed by atoms with Crippen LogP contribution in [0.25, 0.3) is 6.08 Å². The van der Waals surface area contributed by atoms with E-state index in [9.17, 15) is 4.79 Å². The molecule has 0 fully saturated rings. The molecule has 0 unspecified atom stereocenters. The topological polar surface area (TPSA) is 60.4 Å². The summed E-state index contributed by atoms with van der Waals surface area (Å²) in [6, 6.07) is 13.1. The SMILES string of the molecule is CN(C)c1ccc(/C=C2/N=C(c3ccc4c(c3)OCO4)OC2=O)cc1. The normalized spacial score (nSPS) is 16.8. The van der Waals surface area contributed by atoms with E-state index in [1.165, 1.54) is 0 Å². The predicted octanol–water partition coefficient (Wildman–Crippen LogP) is 2.83. The fourth-order valence-corrected chi connectivity index (χ4v) is 2.59. The minimum Gasteiger partial charge on any atom is -0.454 e. The van der Waals surface area contributed by atoms with Crippen molar-refractivity contribution in [2.75, 3.05) is 25.8 Å². The van der Waals surface area contributed by atoms with Crippen LogP contribution in [0.3, 0.4) is 0 Å². The Morgan fingerprint density at radius 1 is 1.04 bits per heavy atom. The highest BCUT2D eigenvalue weighted by Gasteiger charge is 2.25. The molecule has 0 aromatic heterocycles. The number of carbonyl (C=O) groups excluding carboxylic acids is 1. The molecular weight excluding hydrogens is 320 g/mol. The molecule has 25 heavy (non-hydrogen) atoms. The zero-order valence-corrected chi connectivity index (χ0v) is 13.9. The van der Waals surface area contributed by atoms with E-state index in [4.69, 9.17) is 14.2 Å². The maximum absolute atomic E-state index is 12.1. The number of aliphatic imine (C=N–C) groups is 1. The highest BCUT2D eigenvalue weighted by molar-refractivity contribution is 6.13. The van der Waals surface area contributed by atoms with Crippen molar-refractivity contribution in [1.82, 2.24) is 0 Å². The molecule has 0 bridgehead atoms. The van der Waals surface area contributed by atoms with Gasteiger partial charge < -0.3 is 19.1 Å². The van der Waals surface area contributed by atoms with Crippen molar-refractivity contribution in [2.45, 2.75) is 0 Å². The number of fused-ring (bicyclic) bond motifs is 1. The van der Waals surface area contributed by atoms with Gasteiger partial charge in [-0.2, -0.15) is 0 Å². The van der Waals surface area contributed by atoms with Gasteiger partial charge >= 0.3 is 5.97 Å². The van der Waals surface area contributed by atoms with Crippen LogP contribution < -0.4 is 14.4 Å². The summed E-state index contributed by atoms with van der Waals surface area (Å²) >= 11 is 0. The van der Waals surface area contributed by atoms with Gasteiger partial charge in [-0.15, -0.1) is 0 Å². The molecule has 126 valence electrons. The Hall–Kier alpha value is -3.28. The van der Waals surface area contributed by atoms with Crippen LogP contribution in [0.2, 0.25) is 0 Å². The van der Waals surface area contributed by atoms with Gasteiger partial charge in [0.1, 0.15) is 0 Å². The molecule has 0 N–H and O–H groups in total. The fourth-order valence-electron chi connectivity index (χ4n) is 2.59. The average Bonchev–Trinajstić information content (AvgIpc) is 3.21. The van der Waals surface area contributed by atoms with E-state index in [1.54, 1.807) is 24.3 Å². The maximum atomic E-state index is 12.1. The Labute approximate surface area is 144 Å². The third-order valence-corrected chi connectivity index (χ3v) is 3.95. The van der Waals surface area contributed by atoms with Crippen molar-refractivity contribution >= 4 is 23.6 Å². The van der Waals surface area contributed by atoms with E-state index >= 15 is 0 Å². The van der Waals surface area contributed by atoms with Crippen LogP contribution in [-0.2, 0) is 9.53 Å². The molecule has 2 aliphatic heterocycles. The van der Waals surface area contributed by atoms with Crippen LogP contribution in [0.15, 0.2) is 53.2 Å². The van der Waals surface area contributed by atoms with E-state index in [-0.39, 0.29) is 18.4 Å². The molecule has 4 rings (SSSR count). The zero-order valence-electron chi connectivity index (χ0n) is 13.9. The molecule has 0 atom stereocenters. The first-order valence-electron chi connectivity index (χ1n) is 7.80. The Balaban J connectivity index is 1.61. The molecule has 2 heterocycles. The number of hydrogen-bond acceptors (Lipinski definition) is 6. The Kier molecular flexibility index (Phi) is 3.65. The van der Waals surface area contributed by atoms with Crippen molar-refractivity contribution in [3.8, 4) is 11.5 Å². The maximum Gasteiger partial charge on any atom is 0.363 e. The molecule has 6 heteroatoms. The largest absolute Gasteiger partial charge is 0.454 e. The number of cyclic esters (lactones) is 1. The van der Waals surface area contributed by atoms with Gasteiger partial charge in [0.15, 0.2) is 17.2 Å². The van der Waals surface area contributed by atoms with Crippen molar-refractivity contribution in [2.24, 2.45) is 4.99 Å².